The maximum atomic E-state index is 13.4. The van der Waals surface area contributed by atoms with Gasteiger partial charge in [0, 0.05) is 25.6 Å². The Hall–Kier alpha value is -3.14. The van der Waals surface area contributed by atoms with Gasteiger partial charge in [0.2, 0.25) is 21.8 Å². The molecule has 1 N–H and O–H groups in total. The lowest BCUT2D eigenvalue weighted by molar-refractivity contribution is -0.141. The molecule has 0 aliphatic heterocycles. The zero-order chi connectivity index (χ0) is 27.0. The van der Waals surface area contributed by atoms with Gasteiger partial charge in [0.1, 0.15) is 17.6 Å². The van der Waals surface area contributed by atoms with Crippen LogP contribution in [0, 0.1) is 5.82 Å². The second-order valence-corrected chi connectivity index (χ2v) is 11.3. The maximum absolute atomic E-state index is 13.4. The number of benzene rings is 2. The van der Waals surface area contributed by atoms with E-state index in [1.165, 1.54) is 28.4 Å². The van der Waals surface area contributed by atoms with E-state index in [1.54, 1.807) is 43.3 Å². The summed E-state index contributed by atoms with van der Waals surface area (Å²) < 4.78 is 45.0. The van der Waals surface area contributed by atoms with Gasteiger partial charge >= 0.3 is 0 Å². The van der Waals surface area contributed by atoms with Gasteiger partial charge in [-0.3, -0.25) is 13.9 Å². The second kappa shape index (κ2) is 12.9. The van der Waals surface area contributed by atoms with Gasteiger partial charge < -0.3 is 15.0 Å². The summed E-state index contributed by atoms with van der Waals surface area (Å²) in [6.07, 6.45) is 5.37. The average molecular weight is 534 g/mol. The van der Waals surface area contributed by atoms with E-state index in [1.807, 2.05) is 0 Å². The molecule has 10 heteroatoms. The first-order chi connectivity index (χ1) is 17.6. The van der Waals surface area contributed by atoms with Gasteiger partial charge in [-0.1, -0.05) is 37.1 Å². The van der Waals surface area contributed by atoms with Gasteiger partial charge in [-0.05, 0) is 56.0 Å². The van der Waals surface area contributed by atoms with Crippen LogP contribution < -0.4 is 14.4 Å². The van der Waals surface area contributed by atoms with Crippen LogP contribution in [0.3, 0.4) is 0 Å². The minimum Gasteiger partial charge on any atom is -0.495 e. The van der Waals surface area contributed by atoms with Crippen LogP contribution in [0.1, 0.15) is 51.0 Å². The largest absolute Gasteiger partial charge is 0.495 e. The quantitative estimate of drug-likeness (QED) is 0.447. The summed E-state index contributed by atoms with van der Waals surface area (Å²) in [4.78, 5) is 27.8. The predicted octanol–water partition coefficient (Wildman–Crippen LogP) is 3.86. The molecule has 0 spiro atoms. The Morgan fingerprint density at radius 1 is 1.11 bits per heavy atom. The first kappa shape index (κ1) is 28.4. The molecule has 2 aromatic carbocycles. The summed E-state index contributed by atoms with van der Waals surface area (Å²) in [7, 11) is -2.17. The lowest BCUT2D eigenvalue weighted by Gasteiger charge is -2.30. The third kappa shape index (κ3) is 7.92. The van der Waals surface area contributed by atoms with Crippen LogP contribution in [-0.4, -0.2) is 57.1 Å². The molecular weight excluding hydrogens is 497 g/mol. The third-order valence-electron chi connectivity index (χ3n) is 6.64. The van der Waals surface area contributed by atoms with Gasteiger partial charge in [-0.2, -0.15) is 0 Å². The van der Waals surface area contributed by atoms with Gasteiger partial charge in [-0.25, -0.2) is 12.8 Å². The van der Waals surface area contributed by atoms with Crippen molar-refractivity contribution in [2.75, 3.05) is 24.2 Å². The number of sulfonamides is 1. The molecular formula is C27H36FN3O5S. The zero-order valence-corrected chi connectivity index (χ0v) is 22.5. The normalized spacial score (nSPS) is 14.7. The average Bonchev–Trinajstić information content (AvgIpc) is 3.38. The van der Waals surface area contributed by atoms with Crippen LogP contribution >= 0.6 is 0 Å². The number of methoxy groups -OCH3 is 1. The smallest absolute Gasteiger partial charge is 0.242 e. The fourth-order valence-corrected chi connectivity index (χ4v) is 5.55. The Balaban J connectivity index is 1.73. The SMILES string of the molecule is COc1ccccc1N(CCCC(=O)N(Cc1ccc(F)cc1)[C@H](C)C(=O)NC1CCCC1)S(C)(=O)=O. The minimum atomic E-state index is -3.64. The zero-order valence-electron chi connectivity index (χ0n) is 21.7. The highest BCUT2D eigenvalue weighted by Crippen LogP contribution is 2.30. The highest BCUT2D eigenvalue weighted by Gasteiger charge is 2.29. The summed E-state index contributed by atoms with van der Waals surface area (Å²) in [6.45, 7) is 1.89. The summed E-state index contributed by atoms with van der Waals surface area (Å²) >= 11 is 0. The summed E-state index contributed by atoms with van der Waals surface area (Å²) in [5.41, 5.74) is 1.09. The number of rotatable bonds is 12. The molecule has 202 valence electrons. The van der Waals surface area contributed by atoms with Crippen LogP contribution in [0.15, 0.2) is 48.5 Å². The summed E-state index contributed by atoms with van der Waals surface area (Å²) in [5, 5.41) is 3.04. The van der Waals surface area contributed by atoms with E-state index < -0.39 is 16.1 Å². The van der Waals surface area contributed by atoms with E-state index in [-0.39, 0.29) is 49.6 Å². The van der Waals surface area contributed by atoms with Crippen molar-refractivity contribution < 1.29 is 27.1 Å². The van der Waals surface area contributed by atoms with Crippen molar-refractivity contribution in [3.8, 4) is 5.75 Å². The number of nitrogens with zero attached hydrogens (tertiary/aromatic N) is 2. The number of para-hydroxylation sites is 2. The van der Waals surface area contributed by atoms with E-state index in [0.717, 1.165) is 31.9 Å². The van der Waals surface area contributed by atoms with Crippen LogP contribution in [0.2, 0.25) is 0 Å². The van der Waals surface area contributed by atoms with Crippen LogP contribution in [-0.2, 0) is 26.2 Å². The first-order valence-electron chi connectivity index (χ1n) is 12.5. The fourth-order valence-electron chi connectivity index (χ4n) is 4.58. The van der Waals surface area contributed by atoms with Crippen molar-refractivity contribution in [2.45, 2.75) is 64.1 Å². The summed E-state index contributed by atoms with van der Waals surface area (Å²) in [6, 6.07) is 12.0. The van der Waals surface area contributed by atoms with Gasteiger partial charge in [0.15, 0.2) is 0 Å². The first-order valence-corrected chi connectivity index (χ1v) is 14.4. The molecule has 3 rings (SSSR count). The number of halogens is 1. The molecule has 0 bridgehead atoms. The highest BCUT2D eigenvalue weighted by molar-refractivity contribution is 7.92. The standard InChI is InChI=1S/C27H36FN3O5S/c1-20(27(33)29-23-9-4-5-10-23)30(19-21-14-16-22(28)17-15-21)26(32)13-8-18-31(37(3,34)35)24-11-6-7-12-25(24)36-2/h6-7,11-12,14-17,20,23H,4-5,8-10,13,18-19H2,1-3H3,(H,29,33)/t20-/m1/s1. The number of carbonyl (C=O) groups excluding carboxylic acids is 2. The number of ether oxygens (including phenoxy) is 1. The molecule has 0 heterocycles. The van der Waals surface area contributed by atoms with Crippen molar-refractivity contribution in [3.63, 3.8) is 0 Å². The number of amides is 2. The Kier molecular flexibility index (Phi) is 9.91. The molecule has 2 amide bonds. The molecule has 1 saturated carbocycles. The monoisotopic (exact) mass is 533 g/mol. The number of carbonyl (C=O) groups is 2. The number of hydrogen-bond acceptors (Lipinski definition) is 5. The van der Waals surface area contributed by atoms with Crippen LogP contribution in [0.5, 0.6) is 5.75 Å². The molecule has 2 aromatic rings. The molecule has 8 nitrogen and oxygen atoms in total. The van der Waals surface area contributed by atoms with Crippen LogP contribution in [0.25, 0.3) is 0 Å². The molecule has 0 aromatic heterocycles. The molecule has 0 radical (unpaired) electrons. The van der Waals surface area contributed by atoms with Crippen molar-refractivity contribution >= 4 is 27.5 Å². The topological polar surface area (TPSA) is 96.0 Å². The van der Waals surface area contributed by atoms with Crippen molar-refractivity contribution in [1.29, 1.82) is 0 Å². The lowest BCUT2D eigenvalue weighted by Crippen LogP contribution is -2.49. The third-order valence-corrected chi connectivity index (χ3v) is 7.82. The maximum Gasteiger partial charge on any atom is 0.242 e. The predicted molar refractivity (Wildman–Crippen MR) is 141 cm³/mol. The number of anilines is 1. The molecule has 0 unspecified atom stereocenters. The van der Waals surface area contributed by atoms with E-state index in [9.17, 15) is 22.4 Å². The van der Waals surface area contributed by atoms with Crippen molar-refractivity contribution in [2.24, 2.45) is 0 Å². The Labute approximate surface area is 218 Å². The second-order valence-electron chi connectivity index (χ2n) is 9.42. The van der Waals surface area contributed by atoms with E-state index in [4.69, 9.17) is 4.74 Å². The number of hydrogen-bond donors (Lipinski definition) is 1. The Bertz CT molecular complexity index is 1170. The molecule has 1 aliphatic rings. The molecule has 1 aliphatic carbocycles. The van der Waals surface area contributed by atoms with E-state index in [2.05, 4.69) is 5.32 Å². The minimum absolute atomic E-state index is 0.0312. The van der Waals surface area contributed by atoms with Gasteiger partial charge in [0.05, 0.1) is 19.1 Å². The fraction of sp³-hybridized carbons (Fsp3) is 0.481. The molecule has 1 atom stereocenters. The van der Waals surface area contributed by atoms with Crippen molar-refractivity contribution in [3.05, 3.63) is 59.9 Å². The van der Waals surface area contributed by atoms with E-state index >= 15 is 0 Å². The van der Waals surface area contributed by atoms with Gasteiger partial charge in [-0.15, -0.1) is 0 Å². The van der Waals surface area contributed by atoms with E-state index in [0.29, 0.717) is 17.0 Å². The molecule has 37 heavy (non-hydrogen) atoms. The molecule has 1 fully saturated rings. The lowest BCUT2D eigenvalue weighted by atomic mass is 10.1. The Morgan fingerprint density at radius 2 is 1.76 bits per heavy atom. The summed E-state index contributed by atoms with van der Waals surface area (Å²) in [5.74, 6) is -0.485. The van der Waals surface area contributed by atoms with Crippen molar-refractivity contribution in [1.82, 2.24) is 10.2 Å². The number of nitrogens with one attached hydrogen (secondary N) is 1. The highest BCUT2D eigenvalue weighted by atomic mass is 32.2. The molecule has 0 saturated heterocycles. The Morgan fingerprint density at radius 3 is 2.38 bits per heavy atom. The van der Waals surface area contributed by atoms with Gasteiger partial charge in [0.25, 0.3) is 0 Å². The van der Waals surface area contributed by atoms with Crippen LogP contribution in [0.4, 0.5) is 10.1 Å².